The first-order chi connectivity index (χ1) is 14.7. The normalized spacial score (nSPS) is 13.6. The maximum absolute atomic E-state index is 12.2. The average molecular weight is 415 g/mol. The van der Waals surface area contributed by atoms with E-state index < -0.39 is 5.91 Å². The smallest absolute Gasteiger partial charge is 0.311 e. The highest BCUT2D eigenvalue weighted by Gasteiger charge is 2.19. The van der Waals surface area contributed by atoms with Gasteiger partial charge < -0.3 is 14.5 Å². The largest absolute Gasteiger partial charge is 0.494 e. The quantitative estimate of drug-likeness (QED) is 0.547. The number of amides is 1. The Bertz CT molecular complexity index is 897. The molecule has 1 aliphatic rings. The van der Waals surface area contributed by atoms with E-state index in [0.717, 1.165) is 10.9 Å². The number of nitrogens with zero attached hydrogens (tertiary/aromatic N) is 3. The van der Waals surface area contributed by atoms with Crippen molar-refractivity contribution in [2.24, 2.45) is 0 Å². The van der Waals surface area contributed by atoms with Crippen LogP contribution in [0.4, 0.5) is 5.69 Å². The fourth-order valence-corrected chi connectivity index (χ4v) is 3.38. The minimum atomic E-state index is -0.415. The number of oxazole rings is 1. The zero-order chi connectivity index (χ0) is 21.9. The van der Waals surface area contributed by atoms with Crippen molar-refractivity contribution in [1.82, 2.24) is 14.8 Å². The Morgan fingerprint density at radius 1 is 1.23 bits per heavy atom. The van der Waals surface area contributed by atoms with Crippen LogP contribution in [-0.2, 0) is 0 Å². The summed E-state index contributed by atoms with van der Waals surface area (Å²) in [6.07, 6.45) is 12.2. The lowest BCUT2D eigenvalue weighted by Crippen LogP contribution is -2.12. The number of ether oxygens (including phenoxy) is 1. The second-order valence-corrected chi connectivity index (χ2v) is 7.01. The van der Waals surface area contributed by atoms with Crippen LogP contribution in [-0.4, -0.2) is 27.8 Å². The van der Waals surface area contributed by atoms with E-state index in [4.69, 9.17) is 14.3 Å². The molecule has 30 heavy (non-hydrogen) atoms. The Hall–Kier alpha value is -2.83. The van der Waals surface area contributed by atoms with Gasteiger partial charge in [0.1, 0.15) is 12.0 Å². The predicted octanol–water partition coefficient (Wildman–Crippen LogP) is 6.23. The molecule has 2 heterocycles. The third-order valence-electron chi connectivity index (χ3n) is 4.67. The predicted molar refractivity (Wildman–Crippen MR) is 120 cm³/mol. The number of nitrogens with one attached hydrogen (secondary N) is 1. The standard InChI is InChI=1S/C18H20N4O3.C3H8.C2H6/c1-24-16-10-14-12(11-22(21-14)13-5-3-2-4-6-13)9-15(16)20-17(23)18-19-7-8-25-18;1-3-2;1-2/h7-11,13H,2-6H2,1H3,(H,20,23);3H2,1-2H3;1-2H3. The molecule has 4 rings (SSSR count). The van der Waals surface area contributed by atoms with Gasteiger partial charge in [0.25, 0.3) is 5.89 Å². The molecule has 1 aromatic carbocycles. The van der Waals surface area contributed by atoms with Crippen LogP contribution >= 0.6 is 0 Å². The van der Waals surface area contributed by atoms with Crippen LogP contribution < -0.4 is 10.1 Å². The van der Waals surface area contributed by atoms with Crippen molar-refractivity contribution in [2.45, 2.75) is 72.3 Å². The molecule has 3 aromatic rings. The summed E-state index contributed by atoms with van der Waals surface area (Å²) in [6, 6.07) is 4.18. The fraction of sp³-hybridized carbons (Fsp3) is 0.522. The number of hydrogen-bond acceptors (Lipinski definition) is 5. The highest BCUT2D eigenvalue weighted by atomic mass is 16.5. The van der Waals surface area contributed by atoms with E-state index in [1.165, 1.54) is 51.0 Å². The van der Waals surface area contributed by atoms with Crippen molar-refractivity contribution >= 4 is 22.5 Å². The molecule has 1 fully saturated rings. The maximum Gasteiger partial charge on any atom is 0.311 e. The van der Waals surface area contributed by atoms with Gasteiger partial charge in [0.2, 0.25) is 0 Å². The molecule has 7 nitrogen and oxygen atoms in total. The molecule has 1 aliphatic carbocycles. The first kappa shape index (κ1) is 23.4. The van der Waals surface area contributed by atoms with Gasteiger partial charge in [-0.05, 0) is 18.9 Å². The van der Waals surface area contributed by atoms with Crippen LogP contribution in [0.5, 0.6) is 5.75 Å². The van der Waals surface area contributed by atoms with Crippen molar-refractivity contribution in [3.05, 3.63) is 36.7 Å². The highest BCUT2D eigenvalue weighted by molar-refractivity contribution is 6.03. The number of benzene rings is 1. The fourth-order valence-electron chi connectivity index (χ4n) is 3.38. The van der Waals surface area contributed by atoms with E-state index in [-0.39, 0.29) is 5.89 Å². The Kier molecular flexibility index (Phi) is 9.38. The molecule has 0 spiro atoms. The summed E-state index contributed by atoms with van der Waals surface area (Å²) in [5, 5.41) is 8.46. The molecule has 2 aromatic heterocycles. The molecular weight excluding hydrogens is 380 g/mol. The summed E-state index contributed by atoms with van der Waals surface area (Å²) in [5.74, 6) is 0.156. The molecule has 0 aliphatic heterocycles. The maximum atomic E-state index is 12.2. The SMILES string of the molecule is CC.CCC.COc1cc2nn(C3CCCCC3)cc2cc1NC(=O)c1ncco1. The van der Waals surface area contributed by atoms with Gasteiger partial charge in [-0.25, -0.2) is 4.98 Å². The lowest BCUT2D eigenvalue weighted by molar-refractivity contribution is 0.0990. The monoisotopic (exact) mass is 414 g/mol. The van der Waals surface area contributed by atoms with Crippen LogP contribution in [0.25, 0.3) is 10.9 Å². The average Bonchev–Trinajstić information content (AvgIpc) is 3.46. The summed E-state index contributed by atoms with van der Waals surface area (Å²) in [4.78, 5) is 16.0. The molecule has 0 radical (unpaired) electrons. The molecule has 164 valence electrons. The van der Waals surface area contributed by atoms with Gasteiger partial charge in [-0.3, -0.25) is 9.48 Å². The minimum absolute atomic E-state index is 0.0139. The first-order valence-electron chi connectivity index (χ1n) is 10.9. The van der Waals surface area contributed by atoms with Gasteiger partial charge in [0, 0.05) is 17.6 Å². The molecule has 1 N–H and O–H groups in total. The zero-order valence-electron chi connectivity index (χ0n) is 18.8. The summed E-state index contributed by atoms with van der Waals surface area (Å²) >= 11 is 0. The van der Waals surface area contributed by atoms with E-state index in [1.807, 2.05) is 32.2 Å². The Labute approximate surface area is 178 Å². The minimum Gasteiger partial charge on any atom is -0.494 e. The third-order valence-corrected chi connectivity index (χ3v) is 4.67. The Morgan fingerprint density at radius 3 is 2.53 bits per heavy atom. The number of carbonyl (C=O) groups is 1. The number of aromatic nitrogens is 3. The topological polar surface area (TPSA) is 82.2 Å². The molecule has 0 bridgehead atoms. The van der Waals surface area contributed by atoms with E-state index in [0.29, 0.717) is 17.5 Å². The van der Waals surface area contributed by atoms with Crippen molar-refractivity contribution < 1.29 is 13.9 Å². The summed E-state index contributed by atoms with van der Waals surface area (Å²) in [5.41, 5.74) is 1.43. The van der Waals surface area contributed by atoms with Crippen molar-refractivity contribution in [3.63, 3.8) is 0 Å². The summed E-state index contributed by atoms with van der Waals surface area (Å²) in [7, 11) is 1.57. The number of rotatable bonds is 4. The van der Waals surface area contributed by atoms with Gasteiger partial charge >= 0.3 is 5.91 Å². The lowest BCUT2D eigenvalue weighted by Gasteiger charge is -2.21. The molecule has 7 heteroatoms. The van der Waals surface area contributed by atoms with Crippen molar-refractivity contribution in [1.29, 1.82) is 0 Å². The van der Waals surface area contributed by atoms with E-state index in [2.05, 4.69) is 28.8 Å². The number of methoxy groups -OCH3 is 1. The number of anilines is 1. The number of fused-ring (bicyclic) bond motifs is 1. The molecule has 0 atom stereocenters. The zero-order valence-corrected chi connectivity index (χ0v) is 18.8. The van der Waals surface area contributed by atoms with Crippen LogP contribution in [0, 0.1) is 0 Å². The van der Waals surface area contributed by atoms with E-state index in [1.54, 1.807) is 7.11 Å². The van der Waals surface area contributed by atoms with Gasteiger partial charge in [0.15, 0.2) is 0 Å². The second kappa shape index (κ2) is 12.0. The van der Waals surface area contributed by atoms with E-state index in [9.17, 15) is 4.79 Å². The molecule has 1 saturated carbocycles. The van der Waals surface area contributed by atoms with Crippen LogP contribution in [0.1, 0.15) is 82.9 Å². The van der Waals surface area contributed by atoms with Gasteiger partial charge in [-0.2, -0.15) is 5.10 Å². The molecule has 0 unspecified atom stereocenters. The summed E-state index contributed by atoms with van der Waals surface area (Å²) < 4.78 is 12.5. The van der Waals surface area contributed by atoms with Crippen LogP contribution in [0.15, 0.2) is 35.2 Å². The molecule has 1 amide bonds. The van der Waals surface area contributed by atoms with Crippen molar-refractivity contribution in [2.75, 3.05) is 12.4 Å². The third kappa shape index (κ3) is 5.84. The van der Waals surface area contributed by atoms with Gasteiger partial charge in [-0.15, -0.1) is 0 Å². The highest BCUT2D eigenvalue weighted by Crippen LogP contribution is 2.33. The number of carbonyl (C=O) groups excluding carboxylic acids is 1. The lowest BCUT2D eigenvalue weighted by atomic mass is 9.96. The number of hydrogen-bond donors (Lipinski definition) is 1. The Morgan fingerprint density at radius 2 is 1.93 bits per heavy atom. The van der Waals surface area contributed by atoms with Crippen molar-refractivity contribution in [3.8, 4) is 5.75 Å². The van der Waals surface area contributed by atoms with E-state index >= 15 is 0 Å². The van der Waals surface area contributed by atoms with Crippen LogP contribution in [0.3, 0.4) is 0 Å². The molecular formula is C23H34N4O3. The summed E-state index contributed by atoms with van der Waals surface area (Å²) in [6.45, 7) is 8.25. The van der Waals surface area contributed by atoms with Gasteiger partial charge in [-0.1, -0.05) is 53.4 Å². The molecule has 0 saturated heterocycles. The Balaban J connectivity index is 0.000000590. The van der Waals surface area contributed by atoms with Gasteiger partial charge in [0.05, 0.1) is 30.6 Å². The first-order valence-corrected chi connectivity index (χ1v) is 10.9. The van der Waals surface area contributed by atoms with Crippen LogP contribution in [0.2, 0.25) is 0 Å². The second-order valence-electron chi connectivity index (χ2n) is 7.01.